The zero-order valence-corrected chi connectivity index (χ0v) is 14.8. The van der Waals surface area contributed by atoms with Crippen molar-refractivity contribution >= 4 is 11.8 Å². The number of amides is 2. The Morgan fingerprint density at radius 1 is 1.18 bits per heavy atom. The van der Waals surface area contributed by atoms with Crippen LogP contribution in [-0.4, -0.2) is 38.2 Å². The van der Waals surface area contributed by atoms with Crippen LogP contribution in [0.1, 0.15) is 21.6 Å². The number of alkyl halides is 2. The Morgan fingerprint density at radius 3 is 2.68 bits per heavy atom. The summed E-state index contributed by atoms with van der Waals surface area (Å²) in [6, 6.07) is 10.9. The highest BCUT2D eigenvalue weighted by atomic mass is 19.3. The minimum absolute atomic E-state index is 0.109. The summed E-state index contributed by atoms with van der Waals surface area (Å²) >= 11 is 0. The molecule has 2 heterocycles. The average molecular weight is 386 g/mol. The number of hydrogen-bond donors (Lipinski definition) is 2. The number of nitrogens with zero attached hydrogens (tertiary/aromatic N) is 4. The van der Waals surface area contributed by atoms with E-state index in [-0.39, 0.29) is 5.56 Å². The van der Waals surface area contributed by atoms with Gasteiger partial charge < -0.3 is 0 Å². The summed E-state index contributed by atoms with van der Waals surface area (Å²) in [5, 5.41) is 8.21. The number of hydrogen-bond acceptors (Lipinski definition) is 5. The van der Waals surface area contributed by atoms with E-state index in [4.69, 9.17) is 0 Å². The number of rotatable bonds is 5. The highest BCUT2D eigenvalue weighted by molar-refractivity contribution is 5.95. The van der Waals surface area contributed by atoms with Gasteiger partial charge in [0.05, 0.1) is 24.0 Å². The molecular weight excluding hydrogens is 370 g/mol. The van der Waals surface area contributed by atoms with Crippen LogP contribution in [0.3, 0.4) is 0 Å². The fourth-order valence-corrected chi connectivity index (χ4v) is 2.38. The molecule has 0 aliphatic carbocycles. The number of aromatic nitrogens is 4. The van der Waals surface area contributed by atoms with Crippen molar-refractivity contribution in [1.29, 1.82) is 0 Å². The van der Waals surface area contributed by atoms with Gasteiger partial charge in [0.1, 0.15) is 5.69 Å². The van der Waals surface area contributed by atoms with Gasteiger partial charge in [0, 0.05) is 11.8 Å². The zero-order valence-electron chi connectivity index (χ0n) is 14.8. The molecule has 0 spiro atoms. The second-order valence-electron chi connectivity index (χ2n) is 5.95. The van der Waals surface area contributed by atoms with Gasteiger partial charge in [-0.1, -0.05) is 29.0 Å². The van der Waals surface area contributed by atoms with Crippen LogP contribution in [0.2, 0.25) is 0 Å². The molecule has 3 aromatic rings. The maximum absolute atomic E-state index is 12.1. The Labute approximate surface area is 158 Å². The van der Waals surface area contributed by atoms with E-state index >= 15 is 0 Å². The smallest absolute Gasteiger partial charge is 0.267 e. The lowest BCUT2D eigenvalue weighted by Gasteiger charge is -2.07. The molecule has 0 aliphatic heterocycles. The highest BCUT2D eigenvalue weighted by Crippen LogP contribution is 2.17. The molecular formula is C18H16F2N6O2. The molecule has 8 nitrogen and oxygen atoms in total. The molecule has 0 saturated heterocycles. The molecule has 3 rings (SSSR count). The van der Waals surface area contributed by atoms with Gasteiger partial charge in [-0.05, 0) is 25.1 Å². The van der Waals surface area contributed by atoms with Crippen LogP contribution in [-0.2, 0) is 11.3 Å². The molecule has 0 aliphatic rings. The highest BCUT2D eigenvalue weighted by Gasteiger charge is 2.16. The van der Waals surface area contributed by atoms with E-state index < -0.39 is 18.2 Å². The summed E-state index contributed by atoms with van der Waals surface area (Å²) in [7, 11) is 0. The maximum Gasteiger partial charge on any atom is 0.317 e. The Balaban J connectivity index is 1.62. The van der Waals surface area contributed by atoms with E-state index in [2.05, 4.69) is 15.3 Å². The van der Waals surface area contributed by atoms with Crippen LogP contribution < -0.4 is 10.9 Å². The number of hydrazine groups is 1. The Morgan fingerprint density at radius 2 is 2.00 bits per heavy atom. The fraction of sp³-hybridized carbons (Fsp3) is 0.167. The number of halogens is 2. The fourth-order valence-electron chi connectivity index (χ4n) is 2.38. The summed E-state index contributed by atoms with van der Waals surface area (Å²) in [5.41, 5.74) is 7.04. The Bertz CT molecular complexity index is 988. The molecule has 1 aromatic carbocycles. The van der Waals surface area contributed by atoms with Gasteiger partial charge in [-0.15, -0.1) is 5.10 Å². The largest absolute Gasteiger partial charge is 0.317 e. The standard InChI is InChI=1S/C18H16F2N6O2/c1-11-3-2-4-12(7-11)15-10-26(25-22-15)9-14-6-5-13(8-21-14)17(27)23-24-18(28)16(19)20/h2-8,10,16H,9H2,1H3,(H,23,27)(H,24,28). The molecule has 0 saturated carbocycles. The molecule has 2 amide bonds. The minimum Gasteiger partial charge on any atom is -0.267 e. The van der Waals surface area contributed by atoms with Gasteiger partial charge in [-0.3, -0.25) is 25.4 Å². The SMILES string of the molecule is Cc1cccc(-c2cn(Cc3ccc(C(=O)NNC(=O)C(F)F)cn3)nn2)c1. The number of benzene rings is 1. The summed E-state index contributed by atoms with van der Waals surface area (Å²) in [4.78, 5) is 26.7. The molecule has 0 fully saturated rings. The second kappa shape index (κ2) is 8.33. The first-order valence-corrected chi connectivity index (χ1v) is 8.23. The van der Waals surface area contributed by atoms with E-state index in [0.717, 1.165) is 16.8 Å². The van der Waals surface area contributed by atoms with Crippen molar-refractivity contribution in [3.63, 3.8) is 0 Å². The van der Waals surface area contributed by atoms with Crippen LogP contribution >= 0.6 is 0 Å². The first kappa shape index (κ1) is 19.1. The Hall–Kier alpha value is -3.69. The lowest BCUT2D eigenvalue weighted by molar-refractivity contribution is -0.132. The third-order valence-electron chi connectivity index (χ3n) is 3.76. The monoisotopic (exact) mass is 386 g/mol. The van der Waals surface area contributed by atoms with E-state index in [1.807, 2.05) is 36.6 Å². The van der Waals surface area contributed by atoms with E-state index in [9.17, 15) is 18.4 Å². The van der Waals surface area contributed by atoms with Crippen LogP contribution in [0, 0.1) is 6.92 Å². The topological polar surface area (TPSA) is 102 Å². The minimum atomic E-state index is -3.21. The number of carbonyl (C=O) groups excluding carboxylic acids is 2. The van der Waals surface area contributed by atoms with Gasteiger partial charge in [0.15, 0.2) is 0 Å². The predicted octanol–water partition coefficient (Wildman–Crippen LogP) is 1.72. The summed E-state index contributed by atoms with van der Waals surface area (Å²) in [6.07, 6.45) is -0.151. The van der Waals surface area contributed by atoms with Crippen molar-refractivity contribution in [2.24, 2.45) is 0 Å². The quantitative estimate of drug-likeness (QED) is 0.650. The number of nitrogens with one attached hydrogen (secondary N) is 2. The van der Waals surface area contributed by atoms with Gasteiger partial charge in [0.25, 0.3) is 5.91 Å². The molecule has 144 valence electrons. The number of carbonyl (C=O) groups is 2. The van der Waals surface area contributed by atoms with E-state index in [1.165, 1.54) is 12.3 Å². The summed E-state index contributed by atoms with van der Waals surface area (Å²) in [5.74, 6) is -2.34. The molecule has 0 unspecified atom stereocenters. The second-order valence-corrected chi connectivity index (χ2v) is 5.95. The van der Waals surface area contributed by atoms with E-state index in [1.54, 1.807) is 22.4 Å². The molecule has 2 N–H and O–H groups in total. The average Bonchev–Trinajstić information content (AvgIpc) is 3.15. The van der Waals surface area contributed by atoms with Gasteiger partial charge >= 0.3 is 12.3 Å². The lowest BCUT2D eigenvalue weighted by Crippen LogP contribution is -2.44. The summed E-state index contributed by atoms with van der Waals surface area (Å²) in [6.45, 7) is 2.33. The van der Waals surface area contributed by atoms with Gasteiger partial charge in [-0.2, -0.15) is 8.78 Å². The zero-order chi connectivity index (χ0) is 20.1. The molecule has 10 heteroatoms. The first-order valence-electron chi connectivity index (χ1n) is 8.23. The molecule has 28 heavy (non-hydrogen) atoms. The van der Waals surface area contributed by atoms with Crippen molar-refractivity contribution in [2.45, 2.75) is 19.9 Å². The van der Waals surface area contributed by atoms with Crippen molar-refractivity contribution in [3.05, 3.63) is 65.6 Å². The molecule has 0 atom stereocenters. The number of aryl methyl sites for hydroxylation is 1. The third-order valence-corrected chi connectivity index (χ3v) is 3.76. The predicted molar refractivity (Wildman–Crippen MR) is 95.1 cm³/mol. The Kier molecular flexibility index (Phi) is 5.68. The maximum atomic E-state index is 12.1. The van der Waals surface area contributed by atoms with Gasteiger partial charge in [0.2, 0.25) is 0 Å². The third kappa shape index (κ3) is 4.72. The molecule has 0 radical (unpaired) electrons. The normalized spacial score (nSPS) is 10.7. The van der Waals surface area contributed by atoms with Crippen molar-refractivity contribution in [1.82, 2.24) is 30.8 Å². The summed E-state index contributed by atoms with van der Waals surface area (Å²) < 4.78 is 25.8. The van der Waals surface area contributed by atoms with Crippen molar-refractivity contribution in [3.8, 4) is 11.3 Å². The van der Waals surface area contributed by atoms with E-state index in [0.29, 0.717) is 12.2 Å². The molecule has 0 bridgehead atoms. The van der Waals surface area contributed by atoms with Crippen LogP contribution in [0.15, 0.2) is 48.8 Å². The van der Waals surface area contributed by atoms with Crippen molar-refractivity contribution in [2.75, 3.05) is 0 Å². The van der Waals surface area contributed by atoms with Crippen LogP contribution in [0.4, 0.5) is 8.78 Å². The van der Waals surface area contributed by atoms with Crippen LogP contribution in [0.25, 0.3) is 11.3 Å². The molecule has 2 aromatic heterocycles. The van der Waals surface area contributed by atoms with Crippen LogP contribution in [0.5, 0.6) is 0 Å². The number of pyridine rings is 1. The van der Waals surface area contributed by atoms with Crippen molar-refractivity contribution < 1.29 is 18.4 Å². The lowest BCUT2D eigenvalue weighted by atomic mass is 10.1. The van der Waals surface area contributed by atoms with Gasteiger partial charge in [-0.25, -0.2) is 4.68 Å². The first-order chi connectivity index (χ1) is 13.4.